The fraction of sp³-hybridized carbons (Fsp3) is 0.929. The number of likely N-dealkylation sites (tertiary alicyclic amines) is 1. The summed E-state index contributed by atoms with van der Waals surface area (Å²) in [5.74, 6) is 1.04. The maximum Gasteiger partial charge on any atom is 0.225 e. The van der Waals surface area contributed by atoms with E-state index in [1.165, 1.54) is 0 Å². The molecule has 0 saturated carbocycles. The molecule has 2 heterocycles. The van der Waals surface area contributed by atoms with Gasteiger partial charge in [0.2, 0.25) is 5.91 Å². The Kier molecular flexibility index (Phi) is 7.73. The van der Waals surface area contributed by atoms with E-state index in [1.54, 1.807) is 0 Å². The first-order valence-electron chi connectivity index (χ1n) is 7.39. The third-order valence-electron chi connectivity index (χ3n) is 4.08. The topological polar surface area (TPSA) is 41.6 Å². The van der Waals surface area contributed by atoms with Crippen LogP contribution < -0.4 is 5.32 Å². The molecule has 5 heteroatoms. The highest BCUT2D eigenvalue weighted by Gasteiger charge is 2.26. The lowest BCUT2D eigenvalue weighted by Crippen LogP contribution is -2.41. The lowest BCUT2D eigenvalue weighted by molar-refractivity contribution is -0.134. The average Bonchev–Trinajstić information content (AvgIpc) is 2.89. The molecule has 1 amide bonds. The Balaban J connectivity index is 0.00000180. The van der Waals surface area contributed by atoms with E-state index < -0.39 is 0 Å². The van der Waals surface area contributed by atoms with Crippen molar-refractivity contribution in [1.29, 1.82) is 0 Å². The van der Waals surface area contributed by atoms with E-state index in [0.717, 1.165) is 64.4 Å². The maximum atomic E-state index is 12.1. The number of nitrogens with one attached hydrogen (secondary N) is 1. The monoisotopic (exact) mass is 290 g/mol. The first kappa shape index (κ1) is 16.7. The van der Waals surface area contributed by atoms with E-state index in [1.807, 2.05) is 4.90 Å². The Labute approximate surface area is 122 Å². The van der Waals surface area contributed by atoms with Gasteiger partial charge in [0.15, 0.2) is 0 Å². The Morgan fingerprint density at radius 2 is 2.05 bits per heavy atom. The summed E-state index contributed by atoms with van der Waals surface area (Å²) in [4.78, 5) is 14.1. The molecule has 0 aromatic carbocycles. The summed E-state index contributed by atoms with van der Waals surface area (Å²) in [6.45, 7) is 6.98. The van der Waals surface area contributed by atoms with Crippen LogP contribution in [0.1, 0.15) is 39.0 Å². The lowest BCUT2D eigenvalue weighted by Gasteiger charge is -2.32. The summed E-state index contributed by atoms with van der Waals surface area (Å²) in [6, 6.07) is 0. The smallest absolute Gasteiger partial charge is 0.225 e. The zero-order valence-electron chi connectivity index (χ0n) is 11.9. The first-order valence-corrected chi connectivity index (χ1v) is 7.39. The molecule has 19 heavy (non-hydrogen) atoms. The van der Waals surface area contributed by atoms with Gasteiger partial charge in [-0.25, -0.2) is 0 Å². The summed E-state index contributed by atoms with van der Waals surface area (Å²) in [5, 5.41) is 3.40. The van der Waals surface area contributed by atoms with Gasteiger partial charge in [0.05, 0.1) is 12.5 Å². The molecule has 2 fully saturated rings. The van der Waals surface area contributed by atoms with Crippen molar-refractivity contribution in [3.05, 3.63) is 0 Å². The van der Waals surface area contributed by atoms with E-state index >= 15 is 0 Å². The van der Waals surface area contributed by atoms with Gasteiger partial charge in [-0.2, -0.15) is 0 Å². The standard InChI is InChI=1S/C14H26N2O2.ClH/c1-2-15-11-12-5-7-16(8-6-12)14(17)10-13-4-3-9-18-13;/h12-13,15H,2-11H2,1H3;1H. The second kappa shape index (κ2) is 8.77. The van der Waals surface area contributed by atoms with Gasteiger partial charge >= 0.3 is 0 Å². The van der Waals surface area contributed by atoms with E-state index in [2.05, 4.69) is 12.2 Å². The van der Waals surface area contributed by atoms with Gasteiger partial charge in [0, 0.05) is 19.7 Å². The largest absolute Gasteiger partial charge is 0.378 e. The minimum Gasteiger partial charge on any atom is -0.378 e. The molecule has 2 aliphatic heterocycles. The molecule has 0 spiro atoms. The molecule has 0 bridgehead atoms. The van der Waals surface area contributed by atoms with Crippen molar-refractivity contribution in [1.82, 2.24) is 10.2 Å². The van der Waals surface area contributed by atoms with Gasteiger partial charge in [-0.05, 0) is 44.7 Å². The van der Waals surface area contributed by atoms with Crippen molar-refractivity contribution in [3.8, 4) is 0 Å². The lowest BCUT2D eigenvalue weighted by atomic mass is 9.96. The molecule has 0 aromatic heterocycles. The third kappa shape index (κ3) is 5.28. The summed E-state index contributed by atoms with van der Waals surface area (Å²) >= 11 is 0. The minimum atomic E-state index is 0. The van der Waals surface area contributed by atoms with Crippen LogP contribution in [0.25, 0.3) is 0 Å². The molecule has 4 nitrogen and oxygen atoms in total. The van der Waals surface area contributed by atoms with Crippen LogP contribution in [-0.2, 0) is 9.53 Å². The zero-order valence-corrected chi connectivity index (χ0v) is 12.7. The Morgan fingerprint density at radius 1 is 1.32 bits per heavy atom. The highest BCUT2D eigenvalue weighted by molar-refractivity contribution is 5.85. The highest BCUT2D eigenvalue weighted by Crippen LogP contribution is 2.20. The molecule has 2 saturated heterocycles. The Bertz CT molecular complexity index is 262. The fourth-order valence-corrected chi connectivity index (χ4v) is 2.86. The minimum absolute atomic E-state index is 0. The van der Waals surface area contributed by atoms with Gasteiger partial charge in [0.1, 0.15) is 0 Å². The zero-order chi connectivity index (χ0) is 12.8. The normalized spacial score (nSPS) is 24.3. The van der Waals surface area contributed by atoms with Crippen molar-refractivity contribution in [2.24, 2.45) is 5.92 Å². The van der Waals surface area contributed by atoms with Crippen molar-refractivity contribution in [3.63, 3.8) is 0 Å². The quantitative estimate of drug-likeness (QED) is 0.840. The maximum absolute atomic E-state index is 12.1. The van der Waals surface area contributed by atoms with E-state index in [-0.39, 0.29) is 18.5 Å². The summed E-state index contributed by atoms with van der Waals surface area (Å²) in [6.07, 6.45) is 5.24. The van der Waals surface area contributed by atoms with Crippen LogP contribution in [0.4, 0.5) is 0 Å². The number of hydrogen-bond acceptors (Lipinski definition) is 3. The second-order valence-corrected chi connectivity index (χ2v) is 5.47. The van der Waals surface area contributed by atoms with Gasteiger partial charge in [-0.3, -0.25) is 4.79 Å². The molecule has 0 aromatic rings. The molecular weight excluding hydrogens is 264 g/mol. The number of ether oxygens (including phenoxy) is 1. The number of halogens is 1. The first-order chi connectivity index (χ1) is 8.79. The molecule has 1 N–H and O–H groups in total. The summed E-state index contributed by atoms with van der Waals surface area (Å²) in [5.41, 5.74) is 0. The van der Waals surface area contributed by atoms with Crippen molar-refractivity contribution in [2.75, 3.05) is 32.8 Å². The number of amides is 1. The average molecular weight is 291 g/mol. The van der Waals surface area contributed by atoms with Crippen LogP contribution >= 0.6 is 12.4 Å². The van der Waals surface area contributed by atoms with Crippen LogP contribution in [0.3, 0.4) is 0 Å². The number of nitrogens with zero attached hydrogens (tertiary/aromatic N) is 1. The van der Waals surface area contributed by atoms with Gasteiger partial charge < -0.3 is 15.0 Å². The van der Waals surface area contributed by atoms with Crippen LogP contribution in [-0.4, -0.2) is 49.7 Å². The number of piperidine rings is 1. The SMILES string of the molecule is CCNCC1CCN(C(=O)CC2CCCO2)CC1.Cl. The molecule has 0 aliphatic carbocycles. The predicted octanol–water partition coefficient (Wildman–Crippen LogP) is 1.83. The number of hydrogen-bond donors (Lipinski definition) is 1. The second-order valence-electron chi connectivity index (χ2n) is 5.47. The van der Waals surface area contributed by atoms with Crippen LogP contribution in [0.5, 0.6) is 0 Å². The molecule has 0 radical (unpaired) electrons. The summed E-state index contributed by atoms with van der Waals surface area (Å²) < 4.78 is 5.53. The van der Waals surface area contributed by atoms with Crippen molar-refractivity contribution >= 4 is 18.3 Å². The molecule has 2 rings (SSSR count). The van der Waals surface area contributed by atoms with Crippen LogP contribution in [0.15, 0.2) is 0 Å². The summed E-state index contributed by atoms with van der Waals surface area (Å²) in [7, 11) is 0. The number of rotatable bonds is 5. The molecule has 112 valence electrons. The fourth-order valence-electron chi connectivity index (χ4n) is 2.86. The predicted molar refractivity (Wildman–Crippen MR) is 78.7 cm³/mol. The van der Waals surface area contributed by atoms with Gasteiger partial charge in [0.25, 0.3) is 0 Å². The third-order valence-corrected chi connectivity index (χ3v) is 4.08. The van der Waals surface area contributed by atoms with E-state index in [4.69, 9.17) is 4.74 Å². The molecule has 2 aliphatic rings. The van der Waals surface area contributed by atoms with Gasteiger partial charge in [-0.1, -0.05) is 6.92 Å². The van der Waals surface area contributed by atoms with Crippen LogP contribution in [0, 0.1) is 5.92 Å². The Morgan fingerprint density at radius 3 is 2.63 bits per heavy atom. The molecule has 1 unspecified atom stereocenters. The highest BCUT2D eigenvalue weighted by atomic mass is 35.5. The number of carbonyl (C=O) groups excluding carboxylic acids is 1. The molecular formula is C14H27ClN2O2. The van der Waals surface area contributed by atoms with Crippen LogP contribution in [0.2, 0.25) is 0 Å². The van der Waals surface area contributed by atoms with Gasteiger partial charge in [-0.15, -0.1) is 12.4 Å². The van der Waals surface area contributed by atoms with Crippen molar-refractivity contribution in [2.45, 2.75) is 45.1 Å². The van der Waals surface area contributed by atoms with Crippen molar-refractivity contribution < 1.29 is 9.53 Å². The van der Waals surface area contributed by atoms with E-state index in [0.29, 0.717) is 12.3 Å². The molecule has 1 atom stereocenters. The number of carbonyl (C=O) groups is 1. The van der Waals surface area contributed by atoms with E-state index in [9.17, 15) is 4.79 Å². The Hall–Kier alpha value is -0.320.